The van der Waals surface area contributed by atoms with E-state index in [1.807, 2.05) is 26.0 Å². The molecule has 0 unspecified atom stereocenters. The normalized spacial score (nSPS) is 10.7. The SMILES string of the molecule is Cc1cc(C)nc(NCc2ccc(-n3ccnc3)c(F)c2)n1. The van der Waals surface area contributed by atoms with Gasteiger partial charge in [-0.25, -0.2) is 19.3 Å². The van der Waals surface area contributed by atoms with Crippen LogP contribution in [-0.4, -0.2) is 19.5 Å². The van der Waals surface area contributed by atoms with E-state index in [4.69, 9.17) is 0 Å². The van der Waals surface area contributed by atoms with Crippen molar-refractivity contribution in [2.75, 3.05) is 5.32 Å². The van der Waals surface area contributed by atoms with E-state index in [9.17, 15) is 4.39 Å². The lowest BCUT2D eigenvalue weighted by Crippen LogP contribution is -2.06. The zero-order valence-corrected chi connectivity index (χ0v) is 12.4. The average Bonchev–Trinajstić information content (AvgIpc) is 2.98. The fourth-order valence-corrected chi connectivity index (χ4v) is 2.26. The largest absolute Gasteiger partial charge is 0.350 e. The number of nitrogens with zero attached hydrogens (tertiary/aromatic N) is 4. The molecule has 0 bridgehead atoms. The van der Waals surface area contributed by atoms with Gasteiger partial charge < -0.3 is 9.88 Å². The lowest BCUT2D eigenvalue weighted by molar-refractivity contribution is 0.616. The summed E-state index contributed by atoms with van der Waals surface area (Å²) in [5.74, 6) is 0.259. The number of rotatable bonds is 4. The summed E-state index contributed by atoms with van der Waals surface area (Å²) in [6.45, 7) is 4.29. The molecule has 112 valence electrons. The van der Waals surface area contributed by atoms with Crippen LogP contribution in [0.15, 0.2) is 43.0 Å². The van der Waals surface area contributed by atoms with Gasteiger partial charge in [-0.3, -0.25) is 0 Å². The Balaban J connectivity index is 1.75. The number of anilines is 1. The first-order valence-electron chi connectivity index (χ1n) is 6.95. The standard InChI is InChI=1S/C16H16FN5/c1-11-7-12(2)21-16(20-11)19-9-13-3-4-15(14(17)8-13)22-6-5-18-10-22/h3-8,10H,9H2,1-2H3,(H,19,20,21). The molecule has 0 atom stereocenters. The summed E-state index contributed by atoms with van der Waals surface area (Å²) in [7, 11) is 0. The highest BCUT2D eigenvalue weighted by molar-refractivity contribution is 5.38. The van der Waals surface area contributed by atoms with Gasteiger partial charge in [0, 0.05) is 30.3 Å². The van der Waals surface area contributed by atoms with Crippen LogP contribution in [0.4, 0.5) is 10.3 Å². The van der Waals surface area contributed by atoms with Crippen LogP contribution in [0.3, 0.4) is 0 Å². The first kappa shape index (κ1) is 14.2. The topological polar surface area (TPSA) is 55.6 Å². The van der Waals surface area contributed by atoms with Gasteiger partial charge in [0.25, 0.3) is 0 Å². The molecule has 2 heterocycles. The third kappa shape index (κ3) is 3.11. The predicted molar refractivity (Wildman–Crippen MR) is 82.4 cm³/mol. The Morgan fingerprint density at radius 1 is 1.14 bits per heavy atom. The minimum atomic E-state index is -0.293. The molecule has 22 heavy (non-hydrogen) atoms. The van der Waals surface area contributed by atoms with Crippen molar-refractivity contribution in [1.82, 2.24) is 19.5 Å². The molecule has 0 radical (unpaired) electrons. The number of benzene rings is 1. The van der Waals surface area contributed by atoms with E-state index < -0.39 is 0 Å². The summed E-state index contributed by atoms with van der Waals surface area (Å²) in [5.41, 5.74) is 3.10. The molecule has 0 saturated heterocycles. The van der Waals surface area contributed by atoms with Crippen molar-refractivity contribution in [3.8, 4) is 5.69 Å². The number of hydrogen-bond acceptors (Lipinski definition) is 4. The van der Waals surface area contributed by atoms with Crippen LogP contribution in [0.2, 0.25) is 0 Å². The fraction of sp³-hybridized carbons (Fsp3) is 0.188. The zero-order chi connectivity index (χ0) is 15.5. The van der Waals surface area contributed by atoms with Gasteiger partial charge in [0.15, 0.2) is 0 Å². The van der Waals surface area contributed by atoms with Gasteiger partial charge in [0.05, 0.1) is 12.0 Å². The molecule has 0 saturated carbocycles. The Hall–Kier alpha value is -2.76. The number of halogens is 1. The molecule has 0 aliphatic heterocycles. The summed E-state index contributed by atoms with van der Waals surface area (Å²) in [5, 5.41) is 3.12. The Morgan fingerprint density at radius 2 is 1.91 bits per heavy atom. The number of aryl methyl sites for hydroxylation is 2. The Morgan fingerprint density at radius 3 is 2.55 bits per heavy atom. The van der Waals surface area contributed by atoms with E-state index in [1.54, 1.807) is 29.4 Å². The van der Waals surface area contributed by atoms with E-state index in [1.165, 1.54) is 6.07 Å². The summed E-state index contributed by atoms with van der Waals surface area (Å²) < 4.78 is 15.8. The molecule has 0 amide bonds. The monoisotopic (exact) mass is 297 g/mol. The third-order valence-electron chi connectivity index (χ3n) is 3.23. The first-order valence-corrected chi connectivity index (χ1v) is 6.95. The first-order chi connectivity index (χ1) is 10.6. The molecule has 5 nitrogen and oxygen atoms in total. The van der Waals surface area contributed by atoms with E-state index in [0.29, 0.717) is 18.2 Å². The maximum atomic E-state index is 14.2. The van der Waals surface area contributed by atoms with Gasteiger partial charge in [-0.1, -0.05) is 6.07 Å². The summed E-state index contributed by atoms with van der Waals surface area (Å²) in [4.78, 5) is 12.5. The van der Waals surface area contributed by atoms with Gasteiger partial charge in [0.1, 0.15) is 5.82 Å². The van der Waals surface area contributed by atoms with Crippen LogP contribution in [-0.2, 0) is 6.54 Å². The van der Waals surface area contributed by atoms with Crippen LogP contribution in [0, 0.1) is 19.7 Å². The number of hydrogen-bond donors (Lipinski definition) is 1. The van der Waals surface area contributed by atoms with E-state index >= 15 is 0 Å². The lowest BCUT2D eigenvalue weighted by Gasteiger charge is -2.09. The van der Waals surface area contributed by atoms with E-state index in [0.717, 1.165) is 17.0 Å². The molecule has 1 N–H and O–H groups in total. The maximum absolute atomic E-state index is 14.2. The molecule has 1 aromatic carbocycles. The van der Waals surface area contributed by atoms with Crippen LogP contribution in [0.5, 0.6) is 0 Å². The van der Waals surface area contributed by atoms with Crippen molar-refractivity contribution in [2.24, 2.45) is 0 Å². The Kier molecular flexibility index (Phi) is 3.82. The second-order valence-corrected chi connectivity index (χ2v) is 5.08. The second-order valence-electron chi connectivity index (χ2n) is 5.08. The van der Waals surface area contributed by atoms with Crippen molar-refractivity contribution >= 4 is 5.95 Å². The second kappa shape index (κ2) is 5.93. The molecular weight excluding hydrogens is 281 g/mol. The molecule has 0 aliphatic carbocycles. The quantitative estimate of drug-likeness (QED) is 0.804. The number of aromatic nitrogens is 4. The lowest BCUT2D eigenvalue weighted by atomic mass is 10.2. The highest BCUT2D eigenvalue weighted by atomic mass is 19.1. The Labute approximate surface area is 127 Å². The third-order valence-corrected chi connectivity index (χ3v) is 3.23. The average molecular weight is 297 g/mol. The molecule has 0 aliphatic rings. The summed E-state index contributed by atoms with van der Waals surface area (Å²) in [6.07, 6.45) is 4.89. The van der Waals surface area contributed by atoms with Gasteiger partial charge in [-0.2, -0.15) is 0 Å². The van der Waals surface area contributed by atoms with Crippen molar-refractivity contribution in [2.45, 2.75) is 20.4 Å². The highest BCUT2D eigenvalue weighted by Gasteiger charge is 2.06. The van der Waals surface area contributed by atoms with Gasteiger partial charge in [0.2, 0.25) is 5.95 Å². The number of imidazole rings is 1. The van der Waals surface area contributed by atoms with Crippen molar-refractivity contribution in [1.29, 1.82) is 0 Å². The minimum absolute atomic E-state index is 0.293. The van der Waals surface area contributed by atoms with Gasteiger partial charge >= 0.3 is 0 Å². The molecule has 2 aromatic heterocycles. The number of nitrogens with one attached hydrogen (secondary N) is 1. The fourth-order valence-electron chi connectivity index (χ4n) is 2.26. The molecule has 0 spiro atoms. The highest BCUT2D eigenvalue weighted by Crippen LogP contribution is 2.15. The van der Waals surface area contributed by atoms with Crippen molar-refractivity contribution < 1.29 is 4.39 Å². The van der Waals surface area contributed by atoms with Crippen LogP contribution in [0.1, 0.15) is 17.0 Å². The van der Waals surface area contributed by atoms with E-state index in [2.05, 4.69) is 20.3 Å². The summed E-state index contributed by atoms with van der Waals surface area (Å²) >= 11 is 0. The molecule has 3 rings (SSSR count). The molecule has 3 aromatic rings. The van der Waals surface area contributed by atoms with Crippen LogP contribution in [0.25, 0.3) is 5.69 Å². The maximum Gasteiger partial charge on any atom is 0.223 e. The van der Waals surface area contributed by atoms with Gasteiger partial charge in [-0.15, -0.1) is 0 Å². The van der Waals surface area contributed by atoms with Crippen molar-refractivity contribution in [3.05, 3.63) is 65.8 Å². The summed E-state index contributed by atoms with van der Waals surface area (Å²) in [6, 6.07) is 7.01. The smallest absolute Gasteiger partial charge is 0.223 e. The van der Waals surface area contributed by atoms with Crippen LogP contribution < -0.4 is 5.32 Å². The van der Waals surface area contributed by atoms with E-state index in [-0.39, 0.29) is 5.82 Å². The molecule has 6 heteroatoms. The predicted octanol–water partition coefficient (Wildman–Crippen LogP) is 3.03. The minimum Gasteiger partial charge on any atom is -0.350 e. The Bertz CT molecular complexity index is 763. The van der Waals surface area contributed by atoms with Gasteiger partial charge in [-0.05, 0) is 37.6 Å². The molecule has 0 fully saturated rings. The van der Waals surface area contributed by atoms with Crippen molar-refractivity contribution in [3.63, 3.8) is 0 Å². The molecular formula is C16H16FN5. The van der Waals surface area contributed by atoms with Crippen LogP contribution >= 0.6 is 0 Å². The zero-order valence-electron chi connectivity index (χ0n) is 12.4.